The fourth-order valence-electron chi connectivity index (χ4n) is 2.07. The molecule has 0 saturated carbocycles. The molecule has 0 unspecified atom stereocenters. The van der Waals surface area contributed by atoms with Gasteiger partial charge in [0.15, 0.2) is 24.6 Å². The van der Waals surface area contributed by atoms with Crippen LogP contribution in [0.2, 0.25) is 0 Å². The molecule has 3 atom stereocenters. The SMILES string of the molecule is CC(=O)O[C@@H]([C@@H](C=O)OC(C)=O)[C@H](OC(C)=O)C(C)(C)OC(C)=O. The summed E-state index contributed by atoms with van der Waals surface area (Å²) >= 11 is 0. The summed E-state index contributed by atoms with van der Waals surface area (Å²) in [6, 6.07) is 0. The second-order valence-electron chi connectivity index (χ2n) is 5.51. The summed E-state index contributed by atoms with van der Waals surface area (Å²) in [6.07, 6.45) is -4.21. The van der Waals surface area contributed by atoms with E-state index in [0.717, 1.165) is 27.7 Å². The minimum Gasteiger partial charge on any atom is -0.456 e. The Hall–Kier alpha value is -2.45. The van der Waals surface area contributed by atoms with E-state index in [9.17, 15) is 24.0 Å². The van der Waals surface area contributed by atoms with E-state index in [1.54, 1.807) is 0 Å². The van der Waals surface area contributed by atoms with Crippen molar-refractivity contribution in [3.8, 4) is 0 Å². The molecule has 0 heterocycles. The van der Waals surface area contributed by atoms with Crippen LogP contribution in [0.4, 0.5) is 0 Å². The van der Waals surface area contributed by atoms with Gasteiger partial charge in [-0.05, 0) is 13.8 Å². The van der Waals surface area contributed by atoms with Crippen molar-refractivity contribution in [2.45, 2.75) is 65.5 Å². The molecule has 9 heteroatoms. The van der Waals surface area contributed by atoms with Gasteiger partial charge in [0.25, 0.3) is 0 Å². The lowest BCUT2D eigenvalue weighted by Gasteiger charge is -2.38. The molecule has 0 N–H and O–H groups in total. The van der Waals surface area contributed by atoms with Gasteiger partial charge in [-0.25, -0.2) is 0 Å². The van der Waals surface area contributed by atoms with Crippen LogP contribution in [-0.2, 0) is 42.9 Å². The van der Waals surface area contributed by atoms with E-state index in [1.807, 2.05) is 0 Å². The summed E-state index contributed by atoms with van der Waals surface area (Å²) in [5, 5.41) is 0. The van der Waals surface area contributed by atoms with Crippen molar-refractivity contribution in [2.75, 3.05) is 0 Å². The summed E-state index contributed by atoms with van der Waals surface area (Å²) in [5.41, 5.74) is -1.47. The largest absolute Gasteiger partial charge is 0.456 e. The van der Waals surface area contributed by atoms with Gasteiger partial charge < -0.3 is 18.9 Å². The normalized spacial score (nSPS) is 14.6. The molecule has 0 fully saturated rings. The van der Waals surface area contributed by atoms with Crippen molar-refractivity contribution in [1.82, 2.24) is 0 Å². The third-order valence-corrected chi connectivity index (χ3v) is 2.75. The lowest BCUT2D eigenvalue weighted by Crippen LogP contribution is -2.56. The Bertz CT molecular complexity index is 509. The fourth-order valence-corrected chi connectivity index (χ4v) is 2.07. The van der Waals surface area contributed by atoms with E-state index in [2.05, 4.69) is 0 Å². The van der Waals surface area contributed by atoms with E-state index in [0.29, 0.717) is 0 Å². The highest BCUT2D eigenvalue weighted by Crippen LogP contribution is 2.26. The molecule has 0 aliphatic rings. The number of hydrogen-bond acceptors (Lipinski definition) is 9. The van der Waals surface area contributed by atoms with Crippen LogP contribution >= 0.6 is 0 Å². The van der Waals surface area contributed by atoms with Gasteiger partial charge in [0.2, 0.25) is 0 Å². The molecule has 0 aromatic carbocycles. The van der Waals surface area contributed by atoms with E-state index in [-0.39, 0.29) is 6.29 Å². The zero-order valence-electron chi connectivity index (χ0n) is 14.5. The maximum absolute atomic E-state index is 11.4. The molecule has 0 rings (SSSR count). The van der Waals surface area contributed by atoms with Crippen LogP contribution in [0, 0.1) is 0 Å². The third-order valence-electron chi connectivity index (χ3n) is 2.75. The molecule has 24 heavy (non-hydrogen) atoms. The first-order valence-electron chi connectivity index (χ1n) is 7.07. The zero-order chi connectivity index (χ0) is 19.1. The fraction of sp³-hybridized carbons (Fsp3) is 0.667. The van der Waals surface area contributed by atoms with Crippen molar-refractivity contribution in [1.29, 1.82) is 0 Å². The van der Waals surface area contributed by atoms with Crippen molar-refractivity contribution < 1.29 is 42.9 Å². The average molecular weight is 346 g/mol. The molecular formula is C15H22O9. The van der Waals surface area contributed by atoms with E-state index in [4.69, 9.17) is 18.9 Å². The molecule has 0 saturated heterocycles. The third kappa shape index (κ3) is 7.21. The molecule has 0 aromatic rings. The second kappa shape index (κ2) is 8.99. The summed E-state index contributed by atoms with van der Waals surface area (Å²) < 4.78 is 20.0. The van der Waals surface area contributed by atoms with Crippen LogP contribution < -0.4 is 0 Å². The molecule has 0 aliphatic heterocycles. The first-order valence-corrected chi connectivity index (χ1v) is 7.07. The summed E-state index contributed by atoms with van der Waals surface area (Å²) in [6.45, 7) is 7.13. The number of aldehydes is 1. The van der Waals surface area contributed by atoms with Crippen LogP contribution in [0.15, 0.2) is 0 Å². The summed E-state index contributed by atoms with van der Waals surface area (Å²) in [4.78, 5) is 56.5. The predicted octanol–water partition coefficient (Wildman–Crippen LogP) is 0.322. The van der Waals surface area contributed by atoms with Crippen molar-refractivity contribution in [3.63, 3.8) is 0 Å². The Morgan fingerprint density at radius 3 is 1.58 bits per heavy atom. The van der Waals surface area contributed by atoms with E-state index >= 15 is 0 Å². The highest BCUT2D eigenvalue weighted by atomic mass is 16.6. The Balaban J connectivity index is 5.90. The zero-order valence-corrected chi connectivity index (χ0v) is 14.5. The van der Waals surface area contributed by atoms with Crippen LogP contribution in [0.1, 0.15) is 41.5 Å². The molecule has 0 amide bonds. The predicted molar refractivity (Wildman–Crippen MR) is 78.6 cm³/mol. The monoisotopic (exact) mass is 346 g/mol. The highest BCUT2D eigenvalue weighted by Gasteiger charge is 2.47. The highest BCUT2D eigenvalue weighted by molar-refractivity contribution is 5.72. The number of carbonyl (C=O) groups excluding carboxylic acids is 5. The first kappa shape index (κ1) is 21.6. The van der Waals surface area contributed by atoms with Crippen LogP contribution in [-0.4, -0.2) is 54.1 Å². The summed E-state index contributed by atoms with van der Waals surface area (Å²) in [5.74, 6) is -3.08. The summed E-state index contributed by atoms with van der Waals surface area (Å²) in [7, 11) is 0. The lowest BCUT2D eigenvalue weighted by atomic mass is 9.93. The molecule has 0 radical (unpaired) electrons. The smallest absolute Gasteiger partial charge is 0.303 e. The Morgan fingerprint density at radius 1 is 0.792 bits per heavy atom. The molecule has 136 valence electrons. The van der Waals surface area contributed by atoms with Crippen molar-refractivity contribution in [2.24, 2.45) is 0 Å². The van der Waals surface area contributed by atoms with Gasteiger partial charge in [-0.3, -0.25) is 24.0 Å². The quantitative estimate of drug-likeness (QED) is 0.347. The maximum atomic E-state index is 11.4. The van der Waals surface area contributed by atoms with Gasteiger partial charge in [-0.2, -0.15) is 0 Å². The van der Waals surface area contributed by atoms with Crippen molar-refractivity contribution in [3.05, 3.63) is 0 Å². The first-order chi connectivity index (χ1) is 10.9. The van der Waals surface area contributed by atoms with Gasteiger partial charge in [0, 0.05) is 27.7 Å². The molecule has 0 aliphatic carbocycles. The van der Waals surface area contributed by atoms with E-state index in [1.165, 1.54) is 13.8 Å². The van der Waals surface area contributed by atoms with Crippen LogP contribution in [0.3, 0.4) is 0 Å². The number of ether oxygens (including phenoxy) is 4. The number of hydrogen-bond donors (Lipinski definition) is 0. The standard InChI is InChI=1S/C15H22O9/c1-8(17)21-12(7-16)13(22-9(2)18)14(23-10(3)19)15(5,6)24-11(4)20/h7,12-14H,1-6H3/t12-,13+,14+/m1/s1. The van der Waals surface area contributed by atoms with E-state index < -0.39 is 47.8 Å². The van der Waals surface area contributed by atoms with Crippen molar-refractivity contribution >= 4 is 30.2 Å². The van der Waals surface area contributed by atoms with Gasteiger partial charge in [-0.15, -0.1) is 0 Å². The average Bonchev–Trinajstić information content (AvgIpc) is 2.37. The minimum absolute atomic E-state index is 0.231. The van der Waals surface area contributed by atoms with Crippen LogP contribution in [0.25, 0.3) is 0 Å². The Morgan fingerprint density at radius 2 is 1.25 bits per heavy atom. The molecule has 0 bridgehead atoms. The van der Waals surface area contributed by atoms with Gasteiger partial charge in [0.1, 0.15) is 5.60 Å². The number of rotatable bonds is 8. The minimum atomic E-state index is -1.55. The topological polar surface area (TPSA) is 122 Å². The van der Waals surface area contributed by atoms with Gasteiger partial charge in [-0.1, -0.05) is 0 Å². The molecule has 0 spiro atoms. The molecule has 0 aromatic heterocycles. The Labute approximate surface area is 139 Å². The van der Waals surface area contributed by atoms with Gasteiger partial charge in [0.05, 0.1) is 0 Å². The second-order valence-corrected chi connectivity index (χ2v) is 5.51. The Kier molecular flexibility index (Phi) is 8.08. The molecular weight excluding hydrogens is 324 g/mol. The maximum Gasteiger partial charge on any atom is 0.303 e. The van der Waals surface area contributed by atoms with Crippen LogP contribution in [0.5, 0.6) is 0 Å². The number of carbonyl (C=O) groups is 5. The number of esters is 4. The lowest BCUT2D eigenvalue weighted by molar-refractivity contribution is -0.209. The molecule has 9 nitrogen and oxygen atoms in total. The van der Waals surface area contributed by atoms with Gasteiger partial charge >= 0.3 is 23.9 Å².